The van der Waals surface area contributed by atoms with Crippen molar-refractivity contribution in [2.45, 2.75) is 30.8 Å². The lowest BCUT2D eigenvalue weighted by molar-refractivity contribution is -0.137. The molecule has 1 aliphatic carbocycles. The van der Waals surface area contributed by atoms with E-state index in [1.54, 1.807) is 6.07 Å². The summed E-state index contributed by atoms with van der Waals surface area (Å²) in [5.74, 6) is 0.580. The van der Waals surface area contributed by atoms with Gasteiger partial charge in [-0.2, -0.15) is 13.2 Å². The first kappa shape index (κ1) is 10.8. The van der Waals surface area contributed by atoms with Crippen LogP contribution in [0.25, 0.3) is 0 Å². The fourth-order valence-corrected chi connectivity index (χ4v) is 1.92. The molecule has 1 aromatic carbocycles. The largest absolute Gasteiger partial charge is 0.416 e. The van der Waals surface area contributed by atoms with Gasteiger partial charge in [-0.25, -0.2) is 0 Å². The number of benzene rings is 1. The van der Waals surface area contributed by atoms with Crippen molar-refractivity contribution in [3.8, 4) is 0 Å². The third-order valence-corrected chi connectivity index (χ3v) is 2.92. The first-order valence-electron chi connectivity index (χ1n) is 4.78. The zero-order chi connectivity index (χ0) is 11.1. The summed E-state index contributed by atoms with van der Waals surface area (Å²) in [6, 6.07) is 3.88. The Morgan fingerprint density at radius 1 is 1.27 bits per heavy atom. The van der Waals surface area contributed by atoms with Crippen LogP contribution in [0.2, 0.25) is 0 Å². The first-order valence-corrected chi connectivity index (χ1v) is 5.32. The zero-order valence-corrected chi connectivity index (χ0v) is 8.70. The highest BCUT2D eigenvalue weighted by Crippen LogP contribution is 2.43. The van der Waals surface area contributed by atoms with Crippen molar-refractivity contribution in [3.05, 3.63) is 34.9 Å². The normalized spacial score (nSPS) is 16.8. The molecule has 4 heteroatoms. The summed E-state index contributed by atoms with van der Waals surface area (Å²) in [7, 11) is 0. The second-order valence-electron chi connectivity index (χ2n) is 3.82. The van der Waals surface area contributed by atoms with Crippen molar-refractivity contribution < 1.29 is 13.2 Å². The maximum absolute atomic E-state index is 12.4. The lowest BCUT2D eigenvalue weighted by Gasteiger charge is -2.11. The van der Waals surface area contributed by atoms with Crippen molar-refractivity contribution >= 4 is 11.6 Å². The SMILES string of the molecule is FC(F)(F)c1ccc(C2CC2)c(CCl)c1. The highest BCUT2D eigenvalue weighted by molar-refractivity contribution is 6.17. The Labute approximate surface area is 91.1 Å². The Kier molecular flexibility index (Phi) is 2.67. The summed E-state index contributed by atoms with van der Waals surface area (Å²) in [5, 5.41) is 0. The lowest BCUT2D eigenvalue weighted by Crippen LogP contribution is -2.06. The number of hydrogen-bond acceptors (Lipinski definition) is 0. The molecule has 0 bridgehead atoms. The maximum Gasteiger partial charge on any atom is 0.416 e. The third-order valence-electron chi connectivity index (χ3n) is 2.63. The smallest absolute Gasteiger partial charge is 0.166 e. The second kappa shape index (κ2) is 3.71. The summed E-state index contributed by atoms with van der Waals surface area (Å²) >= 11 is 5.66. The Bertz CT molecular complexity index is 367. The fourth-order valence-electron chi connectivity index (χ4n) is 1.69. The molecular formula is C11H10ClF3. The molecule has 0 N–H and O–H groups in total. The van der Waals surface area contributed by atoms with Gasteiger partial charge in [-0.3, -0.25) is 0 Å². The van der Waals surface area contributed by atoms with Gasteiger partial charge in [-0.15, -0.1) is 11.6 Å². The van der Waals surface area contributed by atoms with Gasteiger partial charge >= 0.3 is 6.18 Å². The minimum absolute atomic E-state index is 0.149. The Balaban J connectivity index is 2.38. The second-order valence-corrected chi connectivity index (χ2v) is 4.09. The van der Waals surface area contributed by atoms with E-state index in [1.807, 2.05) is 0 Å². The molecule has 15 heavy (non-hydrogen) atoms. The minimum atomic E-state index is -4.27. The van der Waals surface area contributed by atoms with Crippen LogP contribution in [0.1, 0.15) is 35.4 Å². The van der Waals surface area contributed by atoms with E-state index in [0.717, 1.165) is 24.5 Å². The van der Waals surface area contributed by atoms with Crippen LogP contribution in [-0.2, 0) is 12.1 Å². The number of hydrogen-bond donors (Lipinski definition) is 0. The van der Waals surface area contributed by atoms with E-state index >= 15 is 0 Å². The highest BCUT2D eigenvalue weighted by Gasteiger charge is 2.32. The van der Waals surface area contributed by atoms with Crippen LogP contribution in [0, 0.1) is 0 Å². The van der Waals surface area contributed by atoms with E-state index < -0.39 is 11.7 Å². The Morgan fingerprint density at radius 2 is 1.93 bits per heavy atom. The van der Waals surface area contributed by atoms with Gasteiger partial charge in [-0.1, -0.05) is 6.07 Å². The number of rotatable bonds is 2. The average molecular weight is 235 g/mol. The zero-order valence-electron chi connectivity index (χ0n) is 7.94. The van der Waals surface area contributed by atoms with Crippen LogP contribution in [0.15, 0.2) is 18.2 Å². The summed E-state index contributed by atoms with van der Waals surface area (Å²) in [6.45, 7) is 0. The standard InChI is InChI=1S/C11H10ClF3/c12-6-8-5-9(11(13,14)15)3-4-10(8)7-1-2-7/h3-5,7H,1-2,6H2. The van der Waals surface area contributed by atoms with Crippen LogP contribution in [0.4, 0.5) is 13.2 Å². The molecule has 0 aromatic heterocycles. The molecule has 0 heterocycles. The summed E-state index contributed by atoms with van der Waals surface area (Å²) in [4.78, 5) is 0. The molecule has 0 nitrogen and oxygen atoms in total. The van der Waals surface area contributed by atoms with Crippen LogP contribution in [0.3, 0.4) is 0 Å². The Morgan fingerprint density at radius 3 is 2.40 bits per heavy atom. The summed E-state index contributed by atoms with van der Waals surface area (Å²) in [6.07, 6.45) is -2.15. The van der Waals surface area contributed by atoms with E-state index in [4.69, 9.17) is 11.6 Å². The van der Waals surface area contributed by atoms with Gasteiger partial charge in [0, 0.05) is 5.88 Å². The van der Waals surface area contributed by atoms with Crippen molar-refractivity contribution in [2.24, 2.45) is 0 Å². The molecule has 0 atom stereocenters. The highest BCUT2D eigenvalue weighted by atomic mass is 35.5. The molecule has 2 rings (SSSR count). The monoisotopic (exact) mass is 234 g/mol. The quantitative estimate of drug-likeness (QED) is 0.669. The molecule has 0 aliphatic heterocycles. The van der Waals surface area contributed by atoms with E-state index in [2.05, 4.69) is 0 Å². The lowest BCUT2D eigenvalue weighted by atomic mass is 10.0. The summed E-state index contributed by atoms with van der Waals surface area (Å²) in [5.41, 5.74) is 0.995. The van der Waals surface area contributed by atoms with Gasteiger partial charge in [0.2, 0.25) is 0 Å². The van der Waals surface area contributed by atoms with Crippen LogP contribution in [0.5, 0.6) is 0 Å². The van der Waals surface area contributed by atoms with Gasteiger partial charge in [0.05, 0.1) is 5.56 Å². The van der Waals surface area contributed by atoms with Gasteiger partial charge in [-0.05, 0) is 42.0 Å². The van der Waals surface area contributed by atoms with Gasteiger partial charge < -0.3 is 0 Å². The molecule has 82 valence electrons. The van der Waals surface area contributed by atoms with E-state index in [-0.39, 0.29) is 5.88 Å². The van der Waals surface area contributed by atoms with Crippen molar-refractivity contribution in [2.75, 3.05) is 0 Å². The molecule has 0 radical (unpaired) electrons. The van der Waals surface area contributed by atoms with E-state index in [9.17, 15) is 13.2 Å². The topological polar surface area (TPSA) is 0 Å². The predicted molar refractivity (Wildman–Crippen MR) is 53.0 cm³/mol. The number of alkyl halides is 4. The molecule has 0 unspecified atom stereocenters. The van der Waals surface area contributed by atoms with Crippen LogP contribution in [-0.4, -0.2) is 0 Å². The molecule has 1 aromatic rings. The Hall–Kier alpha value is -0.700. The van der Waals surface area contributed by atoms with Crippen LogP contribution < -0.4 is 0 Å². The first-order chi connectivity index (χ1) is 7.02. The molecule has 0 saturated heterocycles. The van der Waals surface area contributed by atoms with Crippen molar-refractivity contribution in [1.29, 1.82) is 0 Å². The third kappa shape index (κ3) is 2.28. The maximum atomic E-state index is 12.4. The molecular weight excluding hydrogens is 225 g/mol. The van der Waals surface area contributed by atoms with Gasteiger partial charge in [0.25, 0.3) is 0 Å². The molecule has 1 saturated carbocycles. The average Bonchev–Trinajstić information content (AvgIpc) is 2.98. The summed E-state index contributed by atoms with van der Waals surface area (Å²) < 4.78 is 37.2. The molecule has 0 spiro atoms. The van der Waals surface area contributed by atoms with Gasteiger partial charge in [0.1, 0.15) is 0 Å². The van der Waals surface area contributed by atoms with Crippen molar-refractivity contribution in [3.63, 3.8) is 0 Å². The fraction of sp³-hybridized carbons (Fsp3) is 0.455. The molecule has 1 fully saturated rings. The van der Waals surface area contributed by atoms with Crippen molar-refractivity contribution in [1.82, 2.24) is 0 Å². The molecule has 1 aliphatic rings. The van der Waals surface area contributed by atoms with E-state index in [0.29, 0.717) is 11.5 Å². The minimum Gasteiger partial charge on any atom is -0.166 e. The van der Waals surface area contributed by atoms with Gasteiger partial charge in [0.15, 0.2) is 0 Å². The van der Waals surface area contributed by atoms with Crippen LogP contribution >= 0.6 is 11.6 Å². The van der Waals surface area contributed by atoms with E-state index in [1.165, 1.54) is 6.07 Å². The number of halogens is 4. The predicted octanol–water partition coefficient (Wildman–Crippen LogP) is 4.32. The molecule has 0 amide bonds.